The lowest BCUT2D eigenvalue weighted by Crippen LogP contribution is -2.52. The van der Waals surface area contributed by atoms with Crippen LogP contribution in [0.15, 0.2) is 48.5 Å². The lowest BCUT2D eigenvalue weighted by atomic mass is 9.98. The van der Waals surface area contributed by atoms with Crippen LogP contribution in [0.1, 0.15) is 49.7 Å². The minimum atomic E-state index is -0.986. The van der Waals surface area contributed by atoms with Crippen molar-refractivity contribution in [3.05, 3.63) is 59.7 Å². The number of carbonyl (C=O) groups excluding carboxylic acids is 2. The molecule has 4 rings (SSSR count). The summed E-state index contributed by atoms with van der Waals surface area (Å²) in [7, 11) is 0. The number of alkyl carbamates (subject to hydrolysis) is 1. The van der Waals surface area contributed by atoms with Crippen molar-refractivity contribution in [3.8, 4) is 11.1 Å². The monoisotopic (exact) mass is 496 g/mol. The summed E-state index contributed by atoms with van der Waals surface area (Å²) in [6.45, 7) is 2.67. The van der Waals surface area contributed by atoms with Crippen molar-refractivity contribution in [2.75, 3.05) is 24.7 Å². The zero-order valence-electron chi connectivity index (χ0n) is 19.9. The van der Waals surface area contributed by atoms with Gasteiger partial charge in [0.25, 0.3) is 0 Å². The van der Waals surface area contributed by atoms with Crippen molar-refractivity contribution < 1.29 is 24.2 Å². The maximum absolute atomic E-state index is 13.0. The third kappa shape index (κ3) is 5.81. The molecule has 7 nitrogen and oxygen atoms in total. The highest BCUT2D eigenvalue weighted by Gasteiger charge is 2.34. The Morgan fingerprint density at radius 3 is 2.40 bits per heavy atom. The van der Waals surface area contributed by atoms with Gasteiger partial charge in [-0.25, -0.2) is 9.59 Å². The molecule has 1 aliphatic carbocycles. The van der Waals surface area contributed by atoms with E-state index in [0.29, 0.717) is 18.7 Å². The summed E-state index contributed by atoms with van der Waals surface area (Å²) in [6.07, 6.45) is 1.92. The van der Waals surface area contributed by atoms with Gasteiger partial charge in [-0.05, 0) is 28.7 Å². The van der Waals surface area contributed by atoms with Crippen molar-refractivity contribution in [1.29, 1.82) is 0 Å². The van der Waals surface area contributed by atoms with Crippen LogP contribution in [0.25, 0.3) is 11.1 Å². The first kappa shape index (κ1) is 25.1. The molecule has 2 aromatic carbocycles. The van der Waals surface area contributed by atoms with Gasteiger partial charge in [0.15, 0.2) is 0 Å². The predicted molar refractivity (Wildman–Crippen MR) is 137 cm³/mol. The van der Waals surface area contributed by atoms with E-state index in [2.05, 4.69) is 36.5 Å². The van der Waals surface area contributed by atoms with Crippen molar-refractivity contribution in [2.24, 2.45) is 0 Å². The summed E-state index contributed by atoms with van der Waals surface area (Å²) in [5.41, 5.74) is 4.61. The van der Waals surface area contributed by atoms with E-state index in [1.807, 2.05) is 24.3 Å². The fourth-order valence-corrected chi connectivity index (χ4v) is 5.96. The Morgan fingerprint density at radius 1 is 1.11 bits per heavy atom. The Kier molecular flexibility index (Phi) is 8.33. The summed E-state index contributed by atoms with van der Waals surface area (Å²) in [6, 6.07) is 15.1. The van der Waals surface area contributed by atoms with Gasteiger partial charge in [0.05, 0.1) is 0 Å². The Balaban J connectivity index is 1.38. The van der Waals surface area contributed by atoms with Crippen LogP contribution in [-0.2, 0) is 14.3 Å². The average molecular weight is 497 g/mol. The molecule has 2 atom stereocenters. The molecule has 1 heterocycles. The van der Waals surface area contributed by atoms with Crippen molar-refractivity contribution >= 4 is 29.7 Å². The number of carboxylic acids is 1. The molecule has 35 heavy (non-hydrogen) atoms. The maximum Gasteiger partial charge on any atom is 0.407 e. The zero-order chi connectivity index (χ0) is 24.8. The van der Waals surface area contributed by atoms with E-state index in [-0.39, 0.29) is 24.9 Å². The molecular weight excluding hydrogens is 464 g/mol. The molecule has 0 aromatic heterocycles. The molecule has 1 unspecified atom stereocenters. The van der Waals surface area contributed by atoms with E-state index in [9.17, 15) is 19.5 Å². The molecule has 2 aliphatic rings. The van der Waals surface area contributed by atoms with Crippen LogP contribution in [0.4, 0.5) is 4.79 Å². The second kappa shape index (κ2) is 11.6. The molecule has 2 amide bonds. The first-order chi connectivity index (χ1) is 17.0. The normalized spacial score (nSPS) is 17.9. The number of amides is 2. The fourth-order valence-electron chi connectivity index (χ4n) is 4.92. The molecule has 1 saturated heterocycles. The van der Waals surface area contributed by atoms with E-state index < -0.39 is 24.1 Å². The Bertz CT molecular complexity index is 1030. The number of ether oxygens (including phenoxy) is 1. The SMILES string of the molecule is CCCC[C@@H](CC(=O)N1CCSCC1C(=O)O)NC(=O)OCC1c2ccccc2-c2ccccc21. The van der Waals surface area contributed by atoms with E-state index >= 15 is 0 Å². The van der Waals surface area contributed by atoms with Gasteiger partial charge in [-0.2, -0.15) is 11.8 Å². The summed E-state index contributed by atoms with van der Waals surface area (Å²) < 4.78 is 5.66. The largest absolute Gasteiger partial charge is 0.480 e. The number of unbranched alkanes of at least 4 members (excludes halogenated alkanes) is 1. The highest BCUT2D eigenvalue weighted by Crippen LogP contribution is 2.44. The number of carbonyl (C=O) groups is 3. The van der Waals surface area contributed by atoms with Gasteiger partial charge in [-0.1, -0.05) is 68.3 Å². The van der Waals surface area contributed by atoms with Gasteiger partial charge in [0.2, 0.25) is 5.91 Å². The quantitative estimate of drug-likeness (QED) is 0.531. The van der Waals surface area contributed by atoms with E-state index in [1.165, 1.54) is 4.90 Å². The third-order valence-corrected chi connectivity index (χ3v) is 7.75. The number of benzene rings is 2. The first-order valence-corrected chi connectivity index (χ1v) is 13.4. The number of hydrogen-bond acceptors (Lipinski definition) is 5. The molecule has 8 heteroatoms. The minimum absolute atomic E-state index is 0.0361. The number of nitrogens with zero attached hydrogens (tertiary/aromatic N) is 1. The summed E-state index contributed by atoms with van der Waals surface area (Å²) in [5, 5.41) is 12.4. The molecule has 2 aromatic rings. The molecule has 186 valence electrons. The molecule has 0 saturated carbocycles. The van der Waals surface area contributed by atoms with Crippen molar-refractivity contribution in [1.82, 2.24) is 10.2 Å². The molecule has 0 bridgehead atoms. The molecule has 0 spiro atoms. The van der Waals surface area contributed by atoms with E-state index in [0.717, 1.165) is 40.8 Å². The Morgan fingerprint density at radius 2 is 1.77 bits per heavy atom. The van der Waals surface area contributed by atoms with Gasteiger partial charge < -0.3 is 20.1 Å². The first-order valence-electron chi connectivity index (χ1n) is 12.2. The topological polar surface area (TPSA) is 95.9 Å². The number of rotatable bonds is 9. The lowest BCUT2D eigenvalue weighted by Gasteiger charge is -2.33. The molecule has 2 N–H and O–H groups in total. The lowest BCUT2D eigenvalue weighted by molar-refractivity contribution is -0.149. The van der Waals surface area contributed by atoms with Crippen LogP contribution in [-0.4, -0.2) is 64.7 Å². The van der Waals surface area contributed by atoms with Gasteiger partial charge in [0.1, 0.15) is 12.6 Å². The fraction of sp³-hybridized carbons (Fsp3) is 0.444. The second-order valence-corrected chi connectivity index (χ2v) is 10.2. The Hall–Kier alpha value is -3.00. The summed E-state index contributed by atoms with van der Waals surface area (Å²) in [4.78, 5) is 38.8. The maximum atomic E-state index is 13.0. The summed E-state index contributed by atoms with van der Waals surface area (Å²) >= 11 is 1.54. The van der Waals surface area contributed by atoms with Gasteiger partial charge in [0, 0.05) is 36.4 Å². The van der Waals surface area contributed by atoms with Crippen LogP contribution < -0.4 is 5.32 Å². The number of nitrogens with one attached hydrogen (secondary N) is 1. The van der Waals surface area contributed by atoms with E-state index in [1.54, 1.807) is 11.8 Å². The number of fused-ring (bicyclic) bond motifs is 3. The number of thioether (sulfide) groups is 1. The average Bonchev–Trinajstić information content (AvgIpc) is 3.19. The Labute approximate surface area is 210 Å². The standard InChI is InChI=1S/C27H32N2O5S/c1-2-3-8-18(15-25(30)29-13-14-35-17-24(29)26(31)32)28-27(33)34-16-23-21-11-6-4-9-19(21)20-10-5-7-12-22(20)23/h4-7,9-12,18,23-24H,2-3,8,13-17H2,1H3,(H,28,33)(H,31,32)/t18-,24?/m0/s1. The highest BCUT2D eigenvalue weighted by molar-refractivity contribution is 7.99. The van der Waals surface area contributed by atoms with Crippen molar-refractivity contribution in [3.63, 3.8) is 0 Å². The minimum Gasteiger partial charge on any atom is -0.480 e. The number of hydrogen-bond donors (Lipinski definition) is 2. The number of carboxylic acid groups (broad SMARTS) is 1. The second-order valence-electron chi connectivity index (χ2n) is 9.03. The van der Waals surface area contributed by atoms with Crippen LogP contribution >= 0.6 is 11.8 Å². The van der Waals surface area contributed by atoms with Gasteiger partial charge in [-0.3, -0.25) is 4.79 Å². The van der Waals surface area contributed by atoms with E-state index in [4.69, 9.17) is 4.74 Å². The number of aliphatic carboxylic acids is 1. The zero-order valence-corrected chi connectivity index (χ0v) is 20.8. The smallest absolute Gasteiger partial charge is 0.407 e. The molecule has 0 radical (unpaired) electrons. The third-order valence-electron chi connectivity index (χ3n) is 6.73. The van der Waals surface area contributed by atoms with Crippen LogP contribution in [0.5, 0.6) is 0 Å². The molecule has 1 aliphatic heterocycles. The van der Waals surface area contributed by atoms with Crippen molar-refractivity contribution in [2.45, 2.75) is 50.6 Å². The molecule has 1 fully saturated rings. The van der Waals surface area contributed by atoms with Gasteiger partial charge in [-0.15, -0.1) is 0 Å². The van der Waals surface area contributed by atoms with Crippen LogP contribution in [0.3, 0.4) is 0 Å². The van der Waals surface area contributed by atoms with Crippen LogP contribution in [0, 0.1) is 0 Å². The predicted octanol–water partition coefficient (Wildman–Crippen LogP) is 4.50. The molecular formula is C27H32N2O5S. The summed E-state index contributed by atoms with van der Waals surface area (Å²) in [5.74, 6) is -0.154. The van der Waals surface area contributed by atoms with Gasteiger partial charge >= 0.3 is 12.1 Å². The highest BCUT2D eigenvalue weighted by atomic mass is 32.2. The van der Waals surface area contributed by atoms with Crippen LogP contribution in [0.2, 0.25) is 0 Å².